The SMILES string of the molecule is CCCCN(CCCC)C1=CCC(=Nc2cc3c(cc2S)N(C)C(C)(C)CC3C)C=C1. The Labute approximate surface area is 195 Å². The fourth-order valence-corrected chi connectivity index (χ4v) is 4.98. The first kappa shape index (κ1) is 24.0. The van der Waals surface area contributed by atoms with E-state index in [0.717, 1.165) is 42.2 Å². The summed E-state index contributed by atoms with van der Waals surface area (Å²) in [5.74, 6) is 0.521. The van der Waals surface area contributed by atoms with Crippen LogP contribution >= 0.6 is 12.6 Å². The maximum Gasteiger partial charge on any atom is 0.0770 e. The van der Waals surface area contributed by atoms with Gasteiger partial charge in [0.05, 0.1) is 5.69 Å². The smallest absolute Gasteiger partial charge is 0.0770 e. The van der Waals surface area contributed by atoms with E-state index in [0.29, 0.717) is 5.92 Å². The summed E-state index contributed by atoms with van der Waals surface area (Å²) in [7, 11) is 2.20. The molecule has 0 N–H and O–H groups in total. The summed E-state index contributed by atoms with van der Waals surface area (Å²) in [6, 6.07) is 4.48. The number of aliphatic imine (C=N–C) groups is 1. The van der Waals surface area contributed by atoms with Crippen molar-refractivity contribution in [3.63, 3.8) is 0 Å². The monoisotopic (exact) mass is 439 g/mol. The van der Waals surface area contributed by atoms with E-state index in [9.17, 15) is 0 Å². The van der Waals surface area contributed by atoms with Crippen LogP contribution in [0.5, 0.6) is 0 Å². The van der Waals surface area contributed by atoms with Crippen LogP contribution in [0.3, 0.4) is 0 Å². The van der Waals surface area contributed by atoms with E-state index in [4.69, 9.17) is 17.6 Å². The van der Waals surface area contributed by atoms with Gasteiger partial charge in [-0.2, -0.15) is 0 Å². The zero-order valence-corrected chi connectivity index (χ0v) is 21.3. The van der Waals surface area contributed by atoms with Gasteiger partial charge in [0.15, 0.2) is 0 Å². The van der Waals surface area contributed by atoms with Crippen LogP contribution in [0, 0.1) is 0 Å². The van der Waals surface area contributed by atoms with E-state index in [1.54, 1.807) is 0 Å². The first-order valence-electron chi connectivity index (χ1n) is 12.1. The zero-order chi connectivity index (χ0) is 22.6. The van der Waals surface area contributed by atoms with Gasteiger partial charge in [-0.3, -0.25) is 4.99 Å². The third-order valence-corrected chi connectivity index (χ3v) is 7.25. The molecule has 1 unspecified atom stereocenters. The quantitative estimate of drug-likeness (QED) is 0.422. The lowest BCUT2D eigenvalue weighted by Crippen LogP contribution is -2.45. The van der Waals surface area contributed by atoms with Crippen LogP contribution in [-0.4, -0.2) is 36.3 Å². The highest BCUT2D eigenvalue weighted by Crippen LogP contribution is 2.45. The highest BCUT2D eigenvalue weighted by atomic mass is 32.1. The average Bonchev–Trinajstić information content (AvgIpc) is 2.74. The minimum atomic E-state index is 0.161. The molecule has 170 valence electrons. The highest BCUT2D eigenvalue weighted by molar-refractivity contribution is 7.80. The number of fused-ring (bicyclic) bond motifs is 1. The van der Waals surface area contributed by atoms with Crippen LogP contribution in [-0.2, 0) is 0 Å². The van der Waals surface area contributed by atoms with Crippen molar-refractivity contribution < 1.29 is 0 Å². The van der Waals surface area contributed by atoms with Crippen LogP contribution in [0.2, 0.25) is 0 Å². The van der Waals surface area contributed by atoms with Gasteiger partial charge in [-0.15, -0.1) is 12.6 Å². The van der Waals surface area contributed by atoms with E-state index in [1.165, 1.54) is 42.6 Å². The molecule has 1 atom stereocenters. The number of anilines is 1. The number of rotatable bonds is 8. The maximum atomic E-state index is 5.01. The van der Waals surface area contributed by atoms with Crippen molar-refractivity contribution in [3.05, 3.63) is 41.6 Å². The fraction of sp³-hybridized carbons (Fsp3) is 0.593. The second-order valence-corrected chi connectivity index (χ2v) is 10.3. The maximum absolute atomic E-state index is 5.01. The average molecular weight is 440 g/mol. The molecular weight excluding hydrogens is 398 g/mol. The molecule has 0 spiro atoms. The van der Waals surface area contributed by atoms with Crippen molar-refractivity contribution >= 4 is 29.7 Å². The minimum absolute atomic E-state index is 0.161. The van der Waals surface area contributed by atoms with Gasteiger partial charge in [-0.25, -0.2) is 0 Å². The van der Waals surface area contributed by atoms with E-state index < -0.39 is 0 Å². The largest absolute Gasteiger partial charge is 0.372 e. The first-order chi connectivity index (χ1) is 14.8. The summed E-state index contributed by atoms with van der Waals surface area (Å²) in [6.07, 6.45) is 13.8. The van der Waals surface area contributed by atoms with Gasteiger partial charge in [-0.05, 0) is 68.9 Å². The molecule has 3 nitrogen and oxygen atoms in total. The molecule has 3 rings (SSSR count). The zero-order valence-electron chi connectivity index (χ0n) is 20.4. The molecule has 0 fully saturated rings. The Balaban J connectivity index is 1.80. The molecule has 31 heavy (non-hydrogen) atoms. The molecule has 0 saturated heterocycles. The van der Waals surface area contributed by atoms with Crippen molar-refractivity contribution in [1.82, 2.24) is 4.90 Å². The molecule has 0 bridgehead atoms. The molecule has 0 amide bonds. The first-order valence-corrected chi connectivity index (χ1v) is 12.5. The standard InChI is InChI=1S/C27H41N3S/c1-7-9-15-30(16-10-8-2)22-13-11-21(12-14-22)28-24-17-23-20(3)19-27(4,5)29(6)25(23)18-26(24)31/h11,13-14,17-18,20,31H,7-10,12,15-16,19H2,1-6H3. The number of hydrogen-bond donors (Lipinski definition) is 1. The van der Waals surface area contributed by atoms with Crippen LogP contribution < -0.4 is 4.90 Å². The van der Waals surface area contributed by atoms with Gasteiger partial charge in [0, 0.05) is 54.1 Å². The van der Waals surface area contributed by atoms with Crippen LogP contribution in [0.4, 0.5) is 11.4 Å². The van der Waals surface area contributed by atoms with E-state index >= 15 is 0 Å². The normalized spacial score (nSPS) is 21.3. The highest BCUT2D eigenvalue weighted by Gasteiger charge is 2.34. The van der Waals surface area contributed by atoms with Gasteiger partial charge in [0.1, 0.15) is 0 Å². The lowest BCUT2D eigenvalue weighted by atomic mass is 9.80. The Hall–Kier alpha value is -1.68. The number of benzene rings is 1. The van der Waals surface area contributed by atoms with Crippen LogP contribution in [0.15, 0.2) is 45.9 Å². The van der Waals surface area contributed by atoms with Crippen molar-refractivity contribution in [1.29, 1.82) is 0 Å². The number of unbranched alkanes of at least 4 members (excludes halogenated alkanes) is 2. The van der Waals surface area contributed by atoms with Gasteiger partial charge in [0.25, 0.3) is 0 Å². The van der Waals surface area contributed by atoms with E-state index in [-0.39, 0.29) is 5.54 Å². The van der Waals surface area contributed by atoms with Crippen molar-refractivity contribution in [2.75, 3.05) is 25.0 Å². The molecule has 1 aromatic carbocycles. The molecule has 1 aliphatic carbocycles. The topological polar surface area (TPSA) is 18.8 Å². The lowest BCUT2D eigenvalue weighted by molar-refractivity contribution is 0.339. The Kier molecular flexibility index (Phi) is 7.96. The van der Waals surface area contributed by atoms with Crippen molar-refractivity contribution in [2.24, 2.45) is 4.99 Å². The van der Waals surface area contributed by atoms with Gasteiger partial charge < -0.3 is 9.80 Å². The third kappa shape index (κ3) is 5.58. The van der Waals surface area contributed by atoms with E-state index in [1.807, 2.05) is 0 Å². The Morgan fingerprint density at radius 2 is 1.81 bits per heavy atom. The van der Waals surface area contributed by atoms with Gasteiger partial charge in [-0.1, -0.05) is 39.7 Å². The molecule has 0 radical (unpaired) electrons. The number of nitrogens with zero attached hydrogens (tertiary/aromatic N) is 3. The van der Waals surface area contributed by atoms with Crippen molar-refractivity contribution in [2.45, 2.75) is 89.5 Å². The van der Waals surface area contributed by atoms with Gasteiger partial charge >= 0.3 is 0 Å². The molecule has 0 aromatic heterocycles. The fourth-order valence-electron chi connectivity index (χ4n) is 4.75. The molecule has 2 aliphatic rings. The second-order valence-electron chi connectivity index (χ2n) is 9.84. The summed E-state index contributed by atoms with van der Waals surface area (Å²) in [5, 5.41) is 0. The number of allylic oxidation sites excluding steroid dienone is 3. The van der Waals surface area contributed by atoms with Crippen LogP contribution in [0.1, 0.15) is 84.6 Å². The Bertz CT molecular complexity index is 857. The summed E-state index contributed by atoms with van der Waals surface area (Å²) in [5.41, 5.74) is 6.31. The summed E-state index contributed by atoms with van der Waals surface area (Å²) >= 11 is 4.80. The molecular formula is C27H41N3S. The molecule has 4 heteroatoms. The Morgan fingerprint density at radius 1 is 1.13 bits per heavy atom. The Morgan fingerprint density at radius 3 is 2.39 bits per heavy atom. The summed E-state index contributed by atoms with van der Waals surface area (Å²) < 4.78 is 0. The lowest BCUT2D eigenvalue weighted by Gasteiger charge is -2.45. The van der Waals surface area contributed by atoms with E-state index in [2.05, 4.69) is 81.8 Å². The number of hydrogen-bond acceptors (Lipinski definition) is 4. The number of thiol groups is 1. The summed E-state index contributed by atoms with van der Waals surface area (Å²) in [4.78, 5) is 10.9. The molecule has 0 saturated carbocycles. The van der Waals surface area contributed by atoms with Crippen LogP contribution in [0.25, 0.3) is 0 Å². The third-order valence-electron chi connectivity index (χ3n) is 6.89. The molecule has 1 heterocycles. The minimum Gasteiger partial charge on any atom is -0.372 e. The molecule has 1 aliphatic heterocycles. The van der Waals surface area contributed by atoms with Crippen molar-refractivity contribution in [3.8, 4) is 0 Å². The predicted octanol–water partition coefficient (Wildman–Crippen LogP) is 7.52. The van der Waals surface area contributed by atoms with Gasteiger partial charge in [0.2, 0.25) is 0 Å². The summed E-state index contributed by atoms with van der Waals surface area (Å²) in [6.45, 7) is 13.8. The second kappa shape index (κ2) is 10.3. The molecule has 1 aromatic rings. The predicted molar refractivity (Wildman–Crippen MR) is 140 cm³/mol.